The Kier molecular flexibility index (Phi) is 7.40. The molecular formula is C18H29FN2O2Si. The van der Waals surface area contributed by atoms with Crippen LogP contribution in [0.5, 0.6) is 0 Å². The van der Waals surface area contributed by atoms with Gasteiger partial charge in [0.15, 0.2) is 8.32 Å². The zero-order valence-corrected chi connectivity index (χ0v) is 16.6. The van der Waals surface area contributed by atoms with Crippen LogP contribution in [0.1, 0.15) is 31.9 Å². The number of rotatable bonds is 8. The minimum Gasteiger partial charge on any atom is -0.414 e. The average Bonchev–Trinajstić information content (AvgIpc) is 2.47. The molecule has 0 aliphatic carbocycles. The first-order valence-electron chi connectivity index (χ1n) is 8.24. The Labute approximate surface area is 146 Å². The number of nitrogens with one attached hydrogen (secondary N) is 1. The van der Waals surface area contributed by atoms with Gasteiger partial charge in [-0.1, -0.05) is 20.8 Å². The fraction of sp³-hybridized carbons (Fsp3) is 0.611. The van der Waals surface area contributed by atoms with Crippen LogP contribution in [-0.2, 0) is 9.16 Å². The highest BCUT2D eigenvalue weighted by atomic mass is 28.4. The van der Waals surface area contributed by atoms with Gasteiger partial charge in [0, 0.05) is 12.2 Å². The quantitative estimate of drug-likeness (QED) is 0.554. The lowest BCUT2D eigenvalue weighted by Crippen LogP contribution is -2.41. The van der Waals surface area contributed by atoms with E-state index in [1.165, 1.54) is 6.07 Å². The molecule has 0 unspecified atom stereocenters. The molecule has 0 radical (unpaired) electrons. The number of aryl methyl sites for hydroxylation is 1. The molecule has 134 valence electrons. The fourth-order valence-electron chi connectivity index (χ4n) is 1.89. The fourth-order valence-corrected chi connectivity index (χ4v) is 2.92. The topological polar surface area (TPSA) is 54.3 Å². The molecule has 1 N–H and O–H groups in total. The monoisotopic (exact) mass is 352 g/mol. The predicted octanol–water partition coefficient (Wildman–Crippen LogP) is 4.46. The molecule has 4 nitrogen and oxygen atoms in total. The van der Waals surface area contributed by atoms with Gasteiger partial charge in [0.25, 0.3) is 0 Å². The highest BCUT2D eigenvalue weighted by Gasteiger charge is 2.36. The van der Waals surface area contributed by atoms with Crippen LogP contribution in [0.3, 0.4) is 0 Å². The maximum atomic E-state index is 13.6. The Balaban J connectivity index is 2.29. The SMILES string of the molecule is Cc1cc(C#N)c(F)cc1NCCOCCO[Si](C)(C)C(C)(C)C. The zero-order valence-electron chi connectivity index (χ0n) is 15.6. The molecule has 0 bridgehead atoms. The lowest BCUT2D eigenvalue weighted by atomic mass is 10.1. The molecule has 1 aromatic carbocycles. The van der Waals surface area contributed by atoms with E-state index in [4.69, 9.17) is 14.4 Å². The summed E-state index contributed by atoms with van der Waals surface area (Å²) in [5.41, 5.74) is 1.60. The summed E-state index contributed by atoms with van der Waals surface area (Å²) in [5, 5.41) is 12.1. The van der Waals surface area contributed by atoms with Crippen LogP contribution in [0.4, 0.5) is 10.1 Å². The maximum Gasteiger partial charge on any atom is 0.192 e. The first-order valence-corrected chi connectivity index (χ1v) is 11.1. The van der Waals surface area contributed by atoms with Gasteiger partial charge in [-0.15, -0.1) is 0 Å². The van der Waals surface area contributed by atoms with Crippen molar-refractivity contribution in [2.24, 2.45) is 0 Å². The van der Waals surface area contributed by atoms with Crippen LogP contribution < -0.4 is 5.32 Å². The third-order valence-corrected chi connectivity index (χ3v) is 9.03. The Hall–Kier alpha value is -1.42. The summed E-state index contributed by atoms with van der Waals surface area (Å²) in [7, 11) is -1.71. The summed E-state index contributed by atoms with van der Waals surface area (Å²) in [4.78, 5) is 0. The van der Waals surface area contributed by atoms with Crippen LogP contribution in [-0.4, -0.2) is 34.7 Å². The normalized spacial score (nSPS) is 12.1. The van der Waals surface area contributed by atoms with E-state index in [2.05, 4.69) is 39.2 Å². The molecule has 0 amide bonds. The standard InChI is InChI=1S/C18H29FN2O2Si/c1-14-11-15(13-20)16(19)12-17(14)21-7-8-22-9-10-23-24(5,6)18(2,3)4/h11-12,21H,7-10H2,1-6H3. The second-order valence-electron chi connectivity index (χ2n) is 7.41. The molecule has 0 aromatic heterocycles. The van der Waals surface area contributed by atoms with Gasteiger partial charge in [-0.05, 0) is 42.8 Å². The van der Waals surface area contributed by atoms with Crippen LogP contribution >= 0.6 is 0 Å². The number of halogens is 1. The number of hydrogen-bond donors (Lipinski definition) is 1. The van der Waals surface area contributed by atoms with Gasteiger partial charge >= 0.3 is 0 Å². The van der Waals surface area contributed by atoms with Crippen molar-refractivity contribution >= 4 is 14.0 Å². The van der Waals surface area contributed by atoms with Crippen molar-refractivity contribution in [2.45, 2.75) is 45.8 Å². The minimum atomic E-state index is -1.71. The number of ether oxygens (including phenoxy) is 1. The Morgan fingerprint density at radius 1 is 1.21 bits per heavy atom. The van der Waals surface area contributed by atoms with Gasteiger partial charge in [-0.3, -0.25) is 0 Å². The van der Waals surface area contributed by atoms with E-state index in [0.29, 0.717) is 32.1 Å². The molecular weight excluding hydrogens is 323 g/mol. The van der Waals surface area contributed by atoms with Crippen LogP contribution in [0, 0.1) is 24.1 Å². The molecule has 6 heteroatoms. The largest absolute Gasteiger partial charge is 0.414 e. The second-order valence-corrected chi connectivity index (χ2v) is 12.2. The van der Waals surface area contributed by atoms with E-state index >= 15 is 0 Å². The maximum absolute atomic E-state index is 13.6. The van der Waals surface area contributed by atoms with Gasteiger partial charge in [-0.2, -0.15) is 5.26 Å². The number of hydrogen-bond acceptors (Lipinski definition) is 4. The van der Waals surface area contributed by atoms with Crippen molar-refractivity contribution in [3.8, 4) is 6.07 Å². The number of anilines is 1. The second kappa shape index (κ2) is 8.61. The molecule has 24 heavy (non-hydrogen) atoms. The molecule has 0 aliphatic rings. The lowest BCUT2D eigenvalue weighted by molar-refractivity contribution is 0.102. The third kappa shape index (κ3) is 5.89. The molecule has 0 atom stereocenters. The van der Waals surface area contributed by atoms with Gasteiger partial charge in [0.2, 0.25) is 0 Å². The summed E-state index contributed by atoms with van der Waals surface area (Å²) >= 11 is 0. The average molecular weight is 353 g/mol. The van der Waals surface area contributed by atoms with Crippen LogP contribution in [0.2, 0.25) is 18.1 Å². The van der Waals surface area contributed by atoms with Crippen LogP contribution in [0.25, 0.3) is 0 Å². The van der Waals surface area contributed by atoms with E-state index in [-0.39, 0.29) is 10.6 Å². The molecule has 0 aliphatic heterocycles. The van der Waals surface area contributed by atoms with E-state index in [0.717, 1.165) is 5.56 Å². The van der Waals surface area contributed by atoms with Crippen LogP contribution in [0.15, 0.2) is 12.1 Å². The van der Waals surface area contributed by atoms with E-state index in [9.17, 15) is 4.39 Å². The van der Waals surface area contributed by atoms with E-state index < -0.39 is 14.1 Å². The first-order chi connectivity index (χ1) is 11.1. The number of benzene rings is 1. The predicted molar refractivity (Wildman–Crippen MR) is 98.3 cm³/mol. The molecule has 0 heterocycles. The molecule has 0 fully saturated rings. The van der Waals surface area contributed by atoms with Gasteiger partial charge in [0.05, 0.1) is 25.4 Å². The third-order valence-electron chi connectivity index (χ3n) is 4.49. The number of nitriles is 1. The highest BCUT2D eigenvalue weighted by Crippen LogP contribution is 2.36. The van der Waals surface area contributed by atoms with Crippen molar-refractivity contribution < 1.29 is 13.6 Å². The molecule has 0 saturated carbocycles. The Bertz CT molecular complexity index is 592. The van der Waals surface area contributed by atoms with E-state index in [1.54, 1.807) is 6.07 Å². The summed E-state index contributed by atoms with van der Waals surface area (Å²) in [5.74, 6) is -0.505. The summed E-state index contributed by atoms with van der Waals surface area (Å²) in [6.07, 6.45) is 0. The summed E-state index contributed by atoms with van der Waals surface area (Å²) < 4.78 is 25.2. The zero-order chi connectivity index (χ0) is 18.4. The summed E-state index contributed by atoms with van der Waals surface area (Å²) in [6.45, 7) is 15.2. The number of nitrogens with zero attached hydrogens (tertiary/aromatic N) is 1. The molecule has 0 saturated heterocycles. The Morgan fingerprint density at radius 3 is 2.46 bits per heavy atom. The smallest absolute Gasteiger partial charge is 0.192 e. The summed E-state index contributed by atoms with van der Waals surface area (Å²) in [6, 6.07) is 4.74. The lowest BCUT2D eigenvalue weighted by Gasteiger charge is -2.36. The first kappa shape index (κ1) is 20.6. The molecule has 1 aromatic rings. The van der Waals surface area contributed by atoms with Gasteiger partial charge < -0.3 is 14.5 Å². The Morgan fingerprint density at radius 2 is 1.88 bits per heavy atom. The van der Waals surface area contributed by atoms with Gasteiger partial charge in [-0.25, -0.2) is 4.39 Å². The van der Waals surface area contributed by atoms with E-state index in [1.807, 2.05) is 13.0 Å². The van der Waals surface area contributed by atoms with Crippen molar-refractivity contribution in [3.63, 3.8) is 0 Å². The van der Waals surface area contributed by atoms with Crippen molar-refractivity contribution in [1.82, 2.24) is 0 Å². The van der Waals surface area contributed by atoms with Crippen molar-refractivity contribution in [1.29, 1.82) is 5.26 Å². The van der Waals surface area contributed by atoms with Crippen molar-refractivity contribution in [2.75, 3.05) is 31.7 Å². The highest BCUT2D eigenvalue weighted by molar-refractivity contribution is 6.74. The molecule has 0 spiro atoms. The van der Waals surface area contributed by atoms with Crippen molar-refractivity contribution in [3.05, 3.63) is 29.1 Å². The minimum absolute atomic E-state index is 0.0667. The van der Waals surface area contributed by atoms with Gasteiger partial charge in [0.1, 0.15) is 11.9 Å². The molecule has 1 rings (SSSR count).